The Morgan fingerprint density at radius 1 is 1.23 bits per heavy atom. The van der Waals surface area contributed by atoms with Gasteiger partial charge in [-0.05, 0) is 19.9 Å². The fraction of sp³-hybridized carbons (Fsp3) is 1.00. The molecular formula is C10H20N2O. The van der Waals surface area contributed by atoms with Crippen molar-refractivity contribution in [2.45, 2.75) is 24.9 Å². The molecule has 2 heterocycles. The van der Waals surface area contributed by atoms with Crippen molar-refractivity contribution in [3.05, 3.63) is 0 Å². The van der Waals surface area contributed by atoms with Crippen LogP contribution in [0.5, 0.6) is 0 Å². The third kappa shape index (κ3) is 1.87. The third-order valence-corrected chi connectivity index (χ3v) is 3.53. The fourth-order valence-electron chi connectivity index (χ4n) is 2.60. The smallest absolute Gasteiger partial charge is 0.0589 e. The summed E-state index contributed by atoms with van der Waals surface area (Å²) < 4.78 is 5.11. The molecule has 0 spiro atoms. The topological polar surface area (TPSA) is 15.7 Å². The first kappa shape index (κ1) is 9.44. The molecule has 2 aliphatic rings. The molecule has 13 heavy (non-hydrogen) atoms. The summed E-state index contributed by atoms with van der Waals surface area (Å²) in [6.45, 7) is 4.48. The normalized spacial score (nSPS) is 35.5. The minimum Gasteiger partial charge on any atom is -0.383 e. The molecule has 2 aliphatic heterocycles. The molecule has 2 saturated heterocycles. The average molecular weight is 184 g/mol. The van der Waals surface area contributed by atoms with Crippen molar-refractivity contribution < 1.29 is 4.74 Å². The van der Waals surface area contributed by atoms with Crippen LogP contribution >= 0.6 is 0 Å². The second kappa shape index (κ2) is 3.95. The van der Waals surface area contributed by atoms with E-state index >= 15 is 0 Å². The van der Waals surface area contributed by atoms with Crippen LogP contribution in [0.2, 0.25) is 0 Å². The van der Waals surface area contributed by atoms with Crippen molar-refractivity contribution in [1.82, 2.24) is 9.80 Å². The van der Waals surface area contributed by atoms with Crippen LogP contribution < -0.4 is 0 Å². The van der Waals surface area contributed by atoms with Gasteiger partial charge in [-0.25, -0.2) is 0 Å². The maximum Gasteiger partial charge on any atom is 0.0589 e. The number of methoxy groups -OCH3 is 1. The van der Waals surface area contributed by atoms with Gasteiger partial charge in [0.1, 0.15) is 0 Å². The van der Waals surface area contributed by atoms with Crippen LogP contribution in [0.1, 0.15) is 12.8 Å². The molecular weight excluding hydrogens is 164 g/mol. The highest BCUT2D eigenvalue weighted by Crippen LogP contribution is 2.27. The van der Waals surface area contributed by atoms with Gasteiger partial charge in [0, 0.05) is 38.8 Å². The number of hydrogen-bond donors (Lipinski definition) is 0. The summed E-state index contributed by atoms with van der Waals surface area (Å²) in [5, 5.41) is 0. The van der Waals surface area contributed by atoms with E-state index in [-0.39, 0.29) is 0 Å². The lowest BCUT2D eigenvalue weighted by atomic mass is 10.2. The molecule has 0 aromatic heterocycles. The van der Waals surface area contributed by atoms with E-state index in [0.29, 0.717) is 0 Å². The van der Waals surface area contributed by atoms with Crippen molar-refractivity contribution in [3.8, 4) is 0 Å². The zero-order chi connectivity index (χ0) is 9.26. The molecule has 3 heteroatoms. The maximum absolute atomic E-state index is 5.11. The Hall–Kier alpha value is -0.120. The minimum atomic E-state index is 0.815. The van der Waals surface area contributed by atoms with Gasteiger partial charge in [-0.2, -0.15) is 0 Å². The lowest BCUT2D eigenvalue weighted by Crippen LogP contribution is -2.52. The highest BCUT2D eigenvalue weighted by molar-refractivity contribution is 4.93. The molecule has 0 aromatic carbocycles. The number of likely N-dealkylation sites (tertiary alicyclic amines) is 1. The molecule has 0 radical (unpaired) electrons. The van der Waals surface area contributed by atoms with Crippen LogP contribution in [0.25, 0.3) is 0 Å². The molecule has 0 N–H and O–H groups in total. The van der Waals surface area contributed by atoms with Crippen LogP contribution in [-0.2, 0) is 4.74 Å². The predicted octanol–water partition coefficient (Wildman–Crippen LogP) is 0.411. The Bertz CT molecular complexity index is 160. The highest BCUT2D eigenvalue weighted by atomic mass is 16.5. The zero-order valence-electron chi connectivity index (χ0n) is 8.70. The van der Waals surface area contributed by atoms with E-state index < -0.39 is 0 Å². The van der Waals surface area contributed by atoms with Gasteiger partial charge in [0.25, 0.3) is 0 Å². The van der Waals surface area contributed by atoms with E-state index in [9.17, 15) is 0 Å². The molecule has 0 aliphatic carbocycles. The van der Waals surface area contributed by atoms with E-state index in [1.807, 2.05) is 0 Å². The van der Waals surface area contributed by atoms with Crippen LogP contribution in [0.4, 0.5) is 0 Å². The maximum atomic E-state index is 5.11. The largest absolute Gasteiger partial charge is 0.383 e. The molecule has 2 fully saturated rings. The van der Waals surface area contributed by atoms with E-state index in [1.165, 1.54) is 25.9 Å². The van der Waals surface area contributed by atoms with E-state index in [4.69, 9.17) is 4.74 Å². The van der Waals surface area contributed by atoms with Gasteiger partial charge in [-0.1, -0.05) is 0 Å². The number of nitrogens with zero attached hydrogens (tertiary/aromatic N) is 2. The average Bonchev–Trinajstić information content (AvgIpc) is 2.41. The molecule has 2 rings (SSSR count). The first-order chi connectivity index (χ1) is 6.31. The quantitative estimate of drug-likeness (QED) is 0.632. The molecule has 0 aromatic rings. The van der Waals surface area contributed by atoms with Gasteiger partial charge in [0.15, 0.2) is 0 Å². The van der Waals surface area contributed by atoms with Crippen molar-refractivity contribution in [2.75, 3.05) is 40.4 Å². The SMILES string of the molecule is COCCN1CC2CCC(C1)N2C. The summed E-state index contributed by atoms with van der Waals surface area (Å²) in [6.07, 6.45) is 2.79. The van der Waals surface area contributed by atoms with Crippen LogP contribution in [-0.4, -0.2) is 62.3 Å². The van der Waals surface area contributed by atoms with Crippen LogP contribution in [0.15, 0.2) is 0 Å². The van der Waals surface area contributed by atoms with Crippen LogP contribution in [0, 0.1) is 0 Å². The standard InChI is InChI=1S/C10H20N2O/c1-11-9-3-4-10(11)8-12(7-9)5-6-13-2/h9-10H,3-8H2,1-2H3. The third-order valence-electron chi connectivity index (χ3n) is 3.53. The summed E-state index contributed by atoms with van der Waals surface area (Å²) in [4.78, 5) is 5.11. The van der Waals surface area contributed by atoms with Crippen molar-refractivity contribution in [1.29, 1.82) is 0 Å². The first-order valence-corrected chi connectivity index (χ1v) is 5.24. The lowest BCUT2D eigenvalue weighted by Gasteiger charge is -2.38. The molecule has 3 nitrogen and oxygen atoms in total. The van der Waals surface area contributed by atoms with Gasteiger partial charge in [-0.3, -0.25) is 9.80 Å². The second-order valence-corrected chi connectivity index (χ2v) is 4.30. The van der Waals surface area contributed by atoms with Gasteiger partial charge >= 0.3 is 0 Å². The Morgan fingerprint density at radius 3 is 2.38 bits per heavy atom. The number of hydrogen-bond acceptors (Lipinski definition) is 3. The molecule has 2 bridgehead atoms. The molecule has 76 valence electrons. The van der Waals surface area contributed by atoms with Gasteiger partial charge < -0.3 is 4.74 Å². The first-order valence-electron chi connectivity index (χ1n) is 5.24. The van der Waals surface area contributed by atoms with Crippen molar-refractivity contribution in [2.24, 2.45) is 0 Å². The minimum absolute atomic E-state index is 0.815. The number of piperazine rings is 1. The zero-order valence-corrected chi connectivity index (χ0v) is 8.70. The summed E-state index contributed by atoms with van der Waals surface area (Å²) >= 11 is 0. The Morgan fingerprint density at radius 2 is 1.85 bits per heavy atom. The monoisotopic (exact) mass is 184 g/mol. The van der Waals surface area contributed by atoms with Gasteiger partial charge in [-0.15, -0.1) is 0 Å². The molecule has 0 saturated carbocycles. The molecule has 0 amide bonds. The van der Waals surface area contributed by atoms with Gasteiger partial charge in [0.05, 0.1) is 6.61 Å². The van der Waals surface area contributed by atoms with Gasteiger partial charge in [0.2, 0.25) is 0 Å². The predicted molar refractivity (Wildman–Crippen MR) is 52.9 cm³/mol. The number of likely N-dealkylation sites (N-methyl/N-ethyl adjacent to an activating group) is 1. The van der Waals surface area contributed by atoms with E-state index in [2.05, 4.69) is 16.8 Å². The Balaban J connectivity index is 1.84. The summed E-state index contributed by atoms with van der Waals surface area (Å²) in [6, 6.07) is 1.63. The summed E-state index contributed by atoms with van der Waals surface area (Å²) in [5.74, 6) is 0. The highest BCUT2D eigenvalue weighted by Gasteiger charge is 2.36. The van der Waals surface area contributed by atoms with E-state index in [1.54, 1.807) is 7.11 Å². The van der Waals surface area contributed by atoms with Crippen LogP contribution in [0.3, 0.4) is 0 Å². The molecule has 2 atom stereocenters. The Labute approximate surface area is 80.6 Å². The number of fused-ring (bicyclic) bond motifs is 2. The molecule has 2 unspecified atom stereocenters. The number of rotatable bonds is 3. The van der Waals surface area contributed by atoms with Crippen molar-refractivity contribution >= 4 is 0 Å². The second-order valence-electron chi connectivity index (χ2n) is 4.30. The van der Waals surface area contributed by atoms with E-state index in [0.717, 1.165) is 25.2 Å². The summed E-state index contributed by atoms with van der Waals surface area (Å²) in [5.41, 5.74) is 0. The summed E-state index contributed by atoms with van der Waals surface area (Å²) in [7, 11) is 4.06. The number of ether oxygens (including phenoxy) is 1. The van der Waals surface area contributed by atoms with Crippen molar-refractivity contribution in [3.63, 3.8) is 0 Å². The lowest BCUT2D eigenvalue weighted by molar-refractivity contribution is 0.0659. The Kier molecular flexibility index (Phi) is 2.86. The fourth-order valence-corrected chi connectivity index (χ4v) is 2.60.